The Hall–Kier alpha value is -1.43. The highest BCUT2D eigenvalue weighted by atomic mass is 79.9. The lowest BCUT2D eigenvalue weighted by atomic mass is 9.97. The second kappa shape index (κ2) is 7.02. The SMILES string of the molecule is COc1ccc(C)cc1CC(NN)c1c(F)cccc1Br. The summed E-state index contributed by atoms with van der Waals surface area (Å²) in [6.45, 7) is 2.01. The first kappa shape index (κ1) is 15.9. The molecule has 5 heteroatoms. The zero-order chi connectivity index (χ0) is 15.4. The van der Waals surface area contributed by atoms with Crippen molar-refractivity contribution in [1.82, 2.24) is 5.43 Å². The van der Waals surface area contributed by atoms with Gasteiger partial charge in [0, 0.05) is 10.0 Å². The van der Waals surface area contributed by atoms with E-state index in [1.807, 2.05) is 25.1 Å². The van der Waals surface area contributed by atoms with Crippen LogP contribution in [0.25, 0.3) is 0 Å². The van der Waals surface area contributed by atoms with Crippen molar-refractivity contribution in [2.75, 3.05) is 7.11 Å². The Morgan fingerprint density at radius 1 is 1.33 bits per heavy atom. The van der Waals surface area contributed by atoms with E-state index in [1.54, 1.807) is 19.2 Å². The minimum absolute atomic E-state index is 0.293. The van der Waals surface area contributed by atoms with E-state index in [4.69, 9.17) is 10.6 Å². The highest BCUT2D eigenvalue weighted by Gasteiger charge is 2.19. The van der Waals surface area contributed by atoms with Gasteiger partial charge in [-0.05, 0) is 37.1 Å². The largest absolute Gasteiger partial charge is 0.496 e. The van der Waals surface area contributed by atoms with Crippen molar-refractivity contribution in [3.05, 3.63) is 63.4 Å². The topological polar surface area (TPSA) is 47.3 Å². The van der Waals surface area contributed by atoms with Crippen LogP contribution in [0.3, 0.4) is 0 Å². The predicted octanol–water partition coefficient (Wildman–Crippen LogP) is 3.65. The highest BCUT2D eigenvalue weighted by Crippen LogP contribution is 2.31. The van der Waals surface area contributed by atoms with Gasteiger partial charge in [-0.1, -0.05) is 39.7 Å². The van der Waals surface area contributed by atoms with Gasteiger partial charge in [0.05, 0.1) is 13.2 Å². The van der Waals surface area contributed by atoms with Crippen molar-refractivity contribution in [3.63, 3.8) is 0 Å². The number of rotatable bonds is 5. The lowest BCUT2D eigenvalue weighted by Gasteiger charge is -2.20. The molecule has 3 N–H and O–H groups in total. The van der Waals surface area contributed by atoms with Crippen molar-refractivity contribution in [2.24, 2.45) is 5.84 Å². The van der Waals surface area contributed by atoms with Crippen LogP contribution in [0.15, 0.2) is 40.9 Å². The third-order valence-electron chi connectivity index (χ3n) is 3.41. The average molecular weight is 353 g/mol. The van der Waals surface area contributed by atoms with E-state index >= 15 is 0 Å². The van der Waals surface area contributed by atoms with E-state index in [0.717, 1.165) is 16.9 Å². The number of hydrazine groups is 1. The fourth-order valence-electron chi connectivity index (χ4n) is 2.37. The zero-order valence-electron chi connectivity index (χ0n) is 12.0. The minimum atomic E-state index is -0.351. The molecule has 0 saturated heterocycles. The summed E-state index contributed by atoms with van der Waals surface area (Å²) in [5.74, 6) is 6.12. The maximum absolute atomic E-state index is 14.1. The summed E-state index contributed by atoms with van der Waals surface area (Å²) in [5, 5.41) is 0. The molecule has 0 bridgehead atoms. The number of ether oxygens (including phenoxy) is 1. The molecule has 0 fully saturated rings. The molecule has 0 spiro atoms. The van der Waals surface area contributed by atoms with E-state index in [0.29, 0.717) is 16.5 Å². The number of nitrogens with two attached hydrogens (primary N) is 1. The molecule has 0 radical (unpaired) electrons. The molecule has 0 aromatic heterocycles. The Morgan fingerprint density at radius 3 is 2.71 bits per heavy atom. The Morgan fingerprint density at radius 2 is 2.10 bits per heavy atom. The first-order valence-electron chi connectivity index (χ1n) is 6.60. The Kier molecular flexibility index (Phi) is 5.33. The predicted molar refractivity (Wildman–Crippen MR) is 85.6 cm³/mol. The molecule has 3 nitrogen and oxygen atoms in total. The number of aryl methyl sites for hydroxylation is 1. The number of halogens is 2. The van der Waals surface area contributed by atoms with Crippen molar-refractivity contribution in [3.8, 4) is 5.75 Å². The molecule has 0 aliphatic heterocycles. The number of hydrogen-bond donors (Lipinski definition) is 2. The third-order valence-corrected chi connectivity index (χ3v) is 4.10. The summed E-state index contributed by atoms with van der Waals surface area (Å²) in [5.41, 5.74) is 5.31. The van der Waals surface area contributed by atoms with Gasteiger partial charge in [-0.25, -0.2) is 4.39 Å². The second-order valence-electron chi connectivity index (χ2n) is 4.87. The normalized spacial score (nSPS) is 12.2. The maximum atomic E-state index is 14.1. The Labute approximate surface area is 132 Å². The van der Waals surface area contributed by atoms with E-state index in [1.165, 1.54) is 6.07 Å². The van der Waals surface area contributed by atoms with Gasteiger partial charge in [0.2, 0.25) is 0 Å². The maximum Gasteiger partial charge on any atom is 0.129 e. The molecule has 1 unspecified atom stereocenters. The van der Waals surface area contributed by atoms with Crippen LogP contribution in [0.1, 0.15) is 22.7 Å². The van der Waals surface area contributed by atoms with Gasteiger partial charge >= 0.3 is 0 Å². The van der Waals surface area contributed by atoms with Crippen LogP contribution in [0.2, 0.25) is 0 Å². The molecule has 0 amide bonds. The summed E-state index contributed by atoms with van der Waals surface area (Å²) in [4.78, 5) is 0. The summed E-state index contributed by atoms with van der Waals surface area (Å²) in [6.07, 6.45) is 0.529. The van der Waals surface area contributed by atoms with Gasteiger partial charge in [0.15, 0.2) is 0 Å². The van der Waals surface area contributed by atoms with Crippen LogP contribution in [-0.2, 0) is 6.42 Å². The van der Waals surface area contributed by atoms with Gasteiger partial charge in [-0.2, -0.15) is 0 Å². The average Bonchev–Trinajstić information content (AvgIpc) is 2.46. The minimum Gasteiger partial charge on any atom is -0.496 e. The van der Waals surface area contributed by atoms with Crippen LogP contribution < -0.4 is 16.0 Å². The van der Waals surface area contributed by atoms with Crippen LogP contribution in [-0.4, -0.2) is 7.11 Å². The second-order valence-corrected chi connectivity index (χ2v) is 5.73. The van der Waals surface area contributed by atoms with Crippen molar-refractivity contribution < 1.29 is 9.13 Å². The molecule has 2 rings (SSSR count). The van der Waals surface area contributed by atoms with Gasteiger partial charge < -0.3 is 4.74 Å². The highest BCUT2D eigenvalue weighted by molar-refractivity contribution is 9.10. The molecular formula is C16H18BrFN2O. The monoisotopic (exact) mass is 352 g/mol. The summed E-state index contributed by atoms with van der Waals surface area (Å²) >= 11 is 3.39. The van der Waals surface area contributed by atoms with Crippen molar-refractivity contribution >= 4 is 15.9 Å². The van der Waals surface area contributed by atoms with E-state index < -0.39 is 0 Å². The number of methoxy groups -OCH3 is 1. The third kappa shape index (κ3) is 3.61. The van der Waals surface area contributed by atoms with E-state index in [9.17, 15) is 4.39 Å². The van der Waals surface area contributed by atoms with E-state index in [-0.39, 0.29) is 11.9 Å². The van der Waals surface area contributed by atoms with Gasteiger partial charge in [0.25, 0.3) is 0 Å². The van der Waals surface area contributed by atoms with Crippen molar-refractivity contribution in [2.45, 2.75) is 19.4 Å². The van der Waals surface area contributed by atoms with Crippen LogP contribution >= 0.6 is 15.9 Å². The molecule has 0 saturated carbocycles. The van der Waals surface area contributed by atoms with Crippen molar-refractivity contribution in [1.29, 1.82) is 0 Å². The first-order valence-corrected chi connectivity index (χ1v) is 7.39. The summed E-state index contributed by atoms with van der Waals surface area (Å²) in [7, 11) is 1.62. The fraction of sp³-hybridized carbons (Fsp3) is 0.250. The molecule has 112 valence electrons. The van der Waals surface area contributed by atoms with Gasteiger partial charge in [-0.15, -0.1) is 0 Å². The number of benzene rings is 2. The smallest absolute Gasteiger partial charge is 0.129 e. The molecule has 0 aliphatic carbocycles. The molecular weight excluding hydrogens is 335 g/mol. The molecule has 21 heavy (non-hydrogen) atoms. The lowest BCUT2D eigenvalue weighted by Crippen LogP contribution is -2.30. The standard InChI is InChI=1S/C16H18BrFN2O/c1-10-6-7-15(21-2)11(8-10)9-14(20-19)16-12(17)4-3-5-13(16)18/h3-8,14,20H,9,19H2,1-2H3. The molecule has 2 aromatic rings. The quantitative estimate of drug-likeness (QED) is 0.637. The molecule has 0 heterocycles. The molecule has 0 aliphatic rings. The van der Waals surface area contributed by atoms with E-state index in [2.05, 4.69) is 21.4 Å². The van der Waals surface area contributed by atoms with Crippen LogP contribution in [0, 0.1) is 12.7 Å². The van der Waals surface area contributed by atoms with Gasteiger partial charge in [0.1, 0.15) is 11.6 Å². The zero-order valence-corrected chi connectivity index (χ0v) is 13.6. The molecule has 1 atom stereocenters. The van der Waals surface area contributed by atoms with Crippen LogP contribution in [0.4, 0.5) is 4.39 Å². The number of hydrogen-bond acceptors (Lipinski definition) is 3. The first-order chi connectivity index (χ1) is 10.1. The van der Waals surface area contributed by atoms with Crippen LogP contribution in [0.5, 0.6) is 5.75 Å². The molecule has 2 aromatic carbocycles. The summed E-state index contributed by atoms with van der Waals surface area (Å²) in [6, 6.07) is 10.5. The lowest BCUT2D eigenvalue weighted by molar-refractivity contribution is 0.404. The Bertz CT molecular complexity index is 613. The van der Waals surface area contributed by atoms with Gasteiger partial charge in [-0.3, -0.25) is 11.3 Å². The number of nitrogens with one attached hydrogen (secondary N) is 1. The summed E-state index contributed by atoms with van der Waals surface area (Å²) < 4.78 is 20.2. The fourth-order valence-corrected chi connectivity index (χ4v) is 2.99. The Balaban J connectivity index is 2.38.